The van der Waals surface area contributed by atoms with Gasteiger partial charge in [-0.1, -0.05) is 6.92 Å². The maximum atomic E-state index is 10.2. The summed E-state index contributed by atoms with van der Waals surface area (Å²) in [5.74, 6) is -0.0738. The second-order valence-electron chi connectivity index (χ2n) is 5.08. The van der Waals surface area contributed by atoms with Crippen molar-refractivity contribution in [3.8, 4) is 0 Å². The van der Waals surface area contributed by atoms with Gasteiger partial charge in [-0.05, 0) is 6.92 Å². The normalized spacial score (nSPS) is 39.9. The largest absolute Gasteiger partial charge is 0.395 e. The molecule has 8 nitrogen and oxygen atoms in total. The van der Waals surface area contributed by atoms with E-state index in [1.54, 1.807) is 0 Å². The minimum absolute atomic E-state index is 0.00500. The first-order chi connectivity index (χ1) is 8.98. The molecule has 1 saturated heterocycles. The molecule has 2 rings (SSSR count). The standard InChI is InChI=1S/C11H23N5O3/c1-3-19-8-4-14-11(6(8)2)9(7(12)5-17)15-10(13)16(11)18/h6-9,14,17-18H,3-5,12H2,1-2H3,(H2,13,15). The number of hydroxylamine groups is 2. The summed E-state index contributed by atoms with van der Waals surface area (Å²) in [6.07, 6.45) is -0.0610. The number of rotatable bonds is 4. The number of hydrogen-bond acceptors (Lipinski definition) is 8. The van der Waals surface area contributed by atoms with E-state index in [0.717, 1.165) is 5.06 Å². The molecule has 2 aliphatic heterocycles. The molecule has 5 atom stereocenters. The number of guanidine groups is 1. The summed E-state index contributed by atoms with van der Waals surface area (Å²) in [5.41, 5.74) is 10.7. The fourth-order valence-corrected chi connectivity index (χ4v) is 3.08. The molecule has 7 N–H and O–H groups in total. The van der Waals surface area contributed by atoms with Gasteiger partial charge in [0.05, 0.1) is 18.8 Å². The Kier molecular flexibility index (Phi) is 3.98. The number of aliphatic hydroxyl groups excluding tert-OH is 1. The van der Waals surface area contributed by atoms with Crippen molar-refractivity contribution in [3.05, 3.63) is 0 Å². The molecule has 1 spiro atoms. The SMILES string of the molecule is CCOC1CNC2(C1C)C(C(N)CO)N=C(N)N2O. The minimum atomic E-state index is -0.911. The van der Waals surface area contributed by atoms with Crippen LogP contribution in [0.15, 0.2) is 4.99 Å². The fraction of sp³-hybridized carbons (Fsp3) is 0.909. The molecule has 0 aromatic heterocycles. The van der Waals surface area contributed by atoms with E-state index in [9.17, 15) is 10.3 Å². The first kappa shape index (κ1) is 14.5. The maximum Gasteiger partial charge on any atom is 0.217 e. The molecule has 0 aliphatic carbocycles. The molecule has 0 saturated carbocycles. The predicted octanol–water partition coefficient (Wildman–Crippen LogP) is -1.97. The van der Waals surface area contributed by atoms with Crippen molar-refractivity contribution < 1.29 is 15.1 Å². The summed E-state index contributed by atoms with van der Waals surface area (Å²) in [6, 6.07) is -1.13. The van der Waals surface area contributed by atoms with Crippen molar-refractivity contribution in [1.29, 1.82) is 0 Å². The van der Waals surface area contributed by atoms with Crippen LogP contribution in [-0.4, -0.2) is 64.9 Å². The topological polar surface area (TPSA) is 129 Å². The highest BCUT2D eigenvalue weighted by Crippen LogP contribution is 2.39. The molecule has 0 amide bonds. The molecule has 110 valence electrons. The number of aliphatic hydroxyl groups is 1. The molecule has 0 aromatic rings. The second-order valence-corrected chi connectivity index (χ2v) is 5.08. The van der Waals surface area contributed by atoms with E-state index in [0.29, 0.717) is 13.2 Å². The van der Waals surface area contributed by atoms with Gasteiger partial charge in [0.2, 0.25) is 5.96 Å². The summed E-state index contributed by atoms with van der Waals surface area (Å²) in [6.45, 7) is 4.80. The Hall–Kier alpha value is -0.930. The van der Waals surface area contributed by atoms with E-state index in [4.69, 9.17) is 16.2 Å². The summed E-state index contributed by atoms with van der Waals surface area (Å²) in [4.78, 5) is 4.19. The van der Waals surface area contributed by atoms with Crippen molar-refractivity contribution >= 4 is 5.96 Å². The second kappa shape index (κ2) is 5.22. The molecule has 0 radical (unpaired) electrons. The number of nitrogens with two attached hydrogens (primary N) is 2. The molecule has 2 aliphatic rings. The van der Waals surface area contributed by atoms with Gasteiger partial charge < -0.3 is 21.3 Å². The summed E-state index contributed by atoms with van der Waals surface area (Å²) in [7, 11) is 0. The fourth-order valence-electron chi connectivity index (χ4n) is 3.08. The van der Waals surface area contributed by atoms with Crippen LogP contribution in [0.1, 0.15) is 13.8 Å². The van der Waals surface area contributed by atoms with E-state index in [1.165, 1.54) is 0 Å². The minimum Gasteiger partial charge on any atom is -0.395 e. The molecule has 2 heterocycles. The third-order valence-electron chi connectivity index (χ3n) is 4.13. The lowest BCUT2D eigenvalue weighted by Gasteiger charge is -2.41. The molecular weight excluding hydrogens is 250 g/mol. The van der Waals surface area contributed by atoms with Crippen LogP contribution in [0, 0.1) is 5.92 Å². The Morgan fingerprint density at radius 1 is 1.68 bits per heavy atom. The van der Waals surface area contributed by atoms with E-state index >= 15 is 0 Å². The van der Waals surface area contributed by atoms with Gasteiger partial charge in [-0.15, -0.1) is 0 Å². The number of ether oxygens (including phenoxy) is 1. The van der Waals surface area contributed by atoms with Crippen LogP contribution >= 0.6 is 0 Å². The van der Waals surface area contributed by atoms with Gasteiger partial charge in [0.1, 0.15) is 11.7 Å². The van der Waals surface area contributed by atoms with Gasteiger partial charge in [0.15, 0.2) is 0 Å². The highest BCUT2D eigenvalue weighted by molar-refractivity contribution is 5.80. The quantitative estimate of drug-likeness (QED) is 0.402. The molecule has 8 heteroatoms. The van der Waals surface area contributed by atoms with Gasteiger partial charge in [-0.2, -0.15) is 0 Å². The Bertz CT molecular complexity index is 366. The first-order valence-corrected chi connectivity index (χ1v) is 6.54. The van der Waals surface area contributed by atoms with Crippen LogP contribution in [0.2, 0.25) is 0 Å². The smallest absolute Gasteiger partial charge is 0.217 e. The average molecular weight is 273 g/mol. The van der Waals surface area contributed by atoms with E-state index < -0.39 is 17.7 Å². The van der Waals surface area contributed by atoms with Crippen molar-refractivity contribution in [2.75, 3.05) is 19.8 Å². The molecule has 1 fully saturated rings. The van der Waals surface area contributed by atoms with Gasteiger partial charge in [-0.3, -0.25) is 10.5 Å². The molecule has 0 bridgehead atoms. The van der Waals surface area contributed by atoms with Crippen LogP contribution in [-0.2, 0) is 4.74 Å². The lowest BCUT2D eigenvalue weighted by atomic mass is 9.84. The first-order valence-electron chi connectivity index (χ1n) is 6.54. The van der Waals surface area contributed by atoms with Gasteiger partial charge in [0, 0.05) is 19.1 Å². The van der Waals surface area contributed by atoms with Crippen LogP contribution in [0.25, 0.3) is 0 Å². The molecule has 0 aromatic carbocycles. The van der Waals surface area contributed by atoms with E-state index in [1.807, 2.05) is 13.8 Å². The highest BCUT2D eigenvalue weighted by atomic mass is 16.5. The Morgan fingerprint density at radius 2 is 2.37 bits per heavy atom. The zero-order chi connectivity index (χ0) is 14.2. The summed E-state index contributed by atoms with van der Waals surface area (Å²) >= 11 is 0. The third kappa shape index (κ3) is 2.00. The maximum absolute atomic E-state index is 10.2. The number of nitrogens with one attached hydrogen (secondary N) is 1. The van der Waals surface area contributed by atoms with Gasteiger partial charge in [0.25, 0.3) is 0 Å². The predicted molar refractivity (Wildman–Crippen MR) is 69.4 cm³/mol. The zero-order valence-corrected chi connectivity index (χ0v) is 11.3. The van der Waals surface area contributed by atoms with Gasteiger partial charge >= 0.3 is 0 Å². The Balaban J connectivity index is 2.30. The van der Waals surface area contributed by atoms with Crippen molar-refractivity contribution in [2.24, 2.45) is 22.4 Å². The van der Waals surface area contributed by atoms with Crippen LogP contribution < -0.4 is 16.8 Å². The summed E-state index contributed by atoms with van der Waals surface area (Å²) in [5, 5.41) is 23.7. The highest BCUT2D eigenvalue weighted by Gasteiger charge is 2.60. The van der Waals surface area contributed by atoms with Crippen LogP contribution in [0.3, 0.4) is 0 Å². The lowest BCUT2D eigenvalue weighted by Crippen LogP contribution is -2.66. The van der Waals surface area contributed by atoms with Crippen LogP contribution in [0.4, 0.5) is 0 Å². The van der Waals surface area contributed by atoms with Crippen molar-refractivity contribution in [1.82, 2.24) is 10.4 Å². The number of nitrogens with zero attached hydrogens (tertiary/aromatic N) is 2. The number of aliphatic imine (C=N–C) groups is 1. The average Bonchev–Trinajstić information content (AvgIpc) is 2.85. The Morgan fingerprint density at radius 3 is 2.95 bits per heavy atom. The molecule has 19 heavy (non-hydrogen) atoms. The van der Waals surface area contributed by atoms with Crippen molar-refractivity contribution in [3.63, 3.8) is 0 Å². The number of hydrogen-bond donors (Lipinski definition) is 5. The Labute approximate surface area is 112 Å². The van der Waals surface area contributed by atoms with Crippen molar-refractivity contribution in [2.45, 2.75) is 37.7 Å². The summed E-state index contributed by atoms with van der Waals surface area (Å²) < 4.78 is 5.65. The lowest BCUT2D eigenvalue weighted by molar-refractivity contribution is -0.141. The monoisotopic (exact) mass is 273 g/mol. The van der Waals surface area contributed by atoms with E-state index in [2.05, 4.69) is 10.3 Å². The van der Waals surface area contributed by atoms with Crippen LogP contribution in [0.5, 0.6) is 0 Å². The molecule has 5 unspecified atom stereocenters. The van der Waals surface area contributed by atoms with E-state index in [-0.39, 0.29) is 24.6 Å². The van der Waals surface area contributed by atoms with Gasteiger partial charge in [-0.25, -0.2) is 10.1 Å². The third-order valence-corrected chi connectivity index (χ3v) is 4.13. The molecular formula is C11H23N5O3. The zero-order valence-electron chi connectivity index (χ0n) is 11.3.